The van der Waals surface area contributed by atoms with Crippen LogP contribution in [0.4, 0.5) is 5.69 Å². The van der Waals surface area contributed by atoms with Gasteiger partial charge >= 0.3 is 0 Å². The number of carbonyl (C=O) groups is 1. The third-order valence-corrected chi connectivity index (χ3v) is 4.31. The Labute approximate surface area is 132 Å². The predicted octanol–water partition coefficient (Wildman–Crippen LogP) is 2.62. The fourth-order valence-corrected chi connectivity index (χ4v) is 3.11. The summed E-state index contributed by atoms with van der Waals surface area (Å²) < 4.78 is 10.7. The van der Waals surface area contributed by atoms with Crippen LogP contribution in [0.5, 0.6) is 11.5 Å². The van der Waals surface area contributed by atoms with Crippen LogP contribution in [-0.2, 0) is 11.2 Å². The topological polar surface area (TPSA) is 64.8 Å². The zero-order valence-corrected chi connectivity index (χ0v) is 13.7. The van der Waals surface area contributed by atoms with Gasteiger partial charge in [0.25, 0.3) is 0 Å². The minimum Gasteiger partial charge on any atom is -0.493 e. The van der Waals surface area contributed by atoms with Crippen molar-refractivity contribution in [2.24, 2.45) is 0 Å². The van der Waals surface area contributed by atoms with Crippen molar-refractivity contribution in [2.45, 2.75) is 45.1 Å². The molecule has 122 valence electrons. The number of rotatable bonds is 5. The zero-order chi connectivity index (χ0) is 16.1. The van der Waals surface area contributed by atoms with Crippen LogP contribution in [0.3, 0.4) is 0 Å². The van der Waals surface area contributed by atoms with Crippen molar-refractivity contribution in [3.63, 3.8) is 0 Å². The number of amides is 1. The van der Waals surface area contributed by atoms with Crippen molar-refractivity contribution in [2.75, 3.05) is 26.5 Å². The highest BCUT2D eigenvalue weighted by molar-refractivity contribution is 5.77. The van der Waals surface area contributed by atoms with Crippen molar-refractivity contribution < 1.29 is 14.3 Å². The van der Waals surface area contributed by atoms with Crippen LogP contribution in [0.1, 0.15) is 38.2 Å². The van der Waals surface area contributed by atoms with Gasteiger partial charge in [-0.1, -0.05) is 0 Å². The summed E-state index contributed by atoms with van der Waals surface area (Å²) in [6.45, 7) is 3.00. The van der Waals surface area contributed by atoms with Crippen LogP contribution < -0.4 is 15.2 Å². The van der Waals surface area contributed by atoms with Gasteiger partial charge in [-0.25, -0.2) is 0 Å². The number of anilines is 1. The number of piperidine rings is 1. The van der Waals surface area contributed by atoms with Gasteiger partial charge in [-0.3, -0.25) is 4.79 Å². The molecule has 2 rings (SSSR count). The van der Waals surface area contributed by atoms with Crippen LogP contribution in [-0.4, -0.2) is 37.6 Å². The normalized spacial score (nSPS) is 18.1. The number of likely N-dealkylation sites (tertiary alicyclic amines) is 1. The quantitative estimate of drug-likeness (QED) is 0.849. The Morgan fingerprint density at radius 1 is 1.32 bits per heavy atom. The Hall–Kier alpha value is -1.91. The maximum Gasteiger partial charge on any atom is 0.223 e. The number of methoxy groups -OCH3 is 2. The average Bonchev–Trinajstić information content (AvgIpc) is 2.52. The maximum absolute atomic E-state index is 12.4. The van der Waals surface area contributed by atoms with E-state index in [-0.39, 0.29) is 5.91 Å². The molecule has 0 spiro atoms. The maximum atomic E-state index is 12.4. The van der Waals surface area contributed by atoms with Crippen molar-refractivity contribution >= 4 is 11.6 Å². The fourth-order valence-electron chi connectivity index (χ4n) is 3.11. The van der Waals surface area contributed by atoms with Gasteiger partial charge in [0, 0.05) is 36.3 Å². The molecule has 1 amide bonds. The minimum absolute atomic E-state index is 0.204. The molecule has 1 saturated heterocycles. The first kappa shape index (κ1) is 16.5. The molecule has 0 radical (unpaired) electrons. The summed E-state index contributed by atoms with van der Waals surface area (Å²) in [6, 6.07) is 3.93. The van der Waals surface area contributed by atoms with Gasteiger partial charge in [0.05, 0.1) is 14.2 Å². The second-order valence-electron chi connectivity index (χ2n) is 5.85. The lowest BCUT2D eigenvalue weighted by Crippen LogP contribution is -2.42. The van der Waals surface area contributed by atoms with E-state index in [4.69, 9.17) is 15.2 Å². The van der Waals surface area contributed by atoms with Crippen LogP contribution in [0.25, 0.3) is 0 Å². The summed E-state index contributed by atoms with van der Waals surface area (Å²) in [7, 11) is 3.19. The first-order valence-corrected chi connectivity index (χ1v) is 7.86. The van der Waals surface area contributed by atoms with Gasteiger partial charge in [0.15, 0.2) is 11.5 Å². The third kappa shape index (κ3) is 3.64. The Morgan fingerprint density at radius 3 is 2.73 bits per heavy atom. The van der Waals surface area contributed by atoms with E-state index < -0.39 is 0 Å². The molecular weight excluding hydrogens is 280 g/mol. The highest BCUT2D eigenvalue weighted by Crippen LogP contribution is 2.34. The van der Waals surface area contributed by atoms with Crippen molar-refractivity contribution in [1.29, 1.82) is 0 Å². The number of ether oxygens (including phenoxy) is 2. The largest absolute Gasteiger partial charge is 0.493 e. The van der Waals surface area contributed by atoms with Crippen LogP contribution in [0.15, 0.2) is 12.1 Å². The summed E-state index contributed by atoms with van der Waals surface area (Å²) in [5.74, 6) is 1.48. The molecule has 0 saturated carbocycles. The zero-order valence-electron chi connectivity index (χ0n) is 13.7. The molecule has 1 heterocycles. The molecule has 1 aliphatic heterocycles. The Kier molecular flexibility index (Phi) is 5.52. The molecule has 5 nitrogen and oxygen atoms in total. The van der Waals surface area contributed by atoms with Gasteiger partial charge in [0.1, 0.15) is 0 Å². The SMILES string of the molecule is COc1cc(N)cc(CCC(=O)N2CCCCC2C)c1OC. The Balaban J connectivity index is 2.07. The summed E-state index contributed by atoms with van der Waals surface area (Å²) in [4.78, 5) is 14.4. The number of carbonyl (C=O) groups excluding carboxylic acids is 1. The molecule has 5 heteroatoms. The number of hydrogen-bond acceptors (Lipinski definition) is 4. The van der Waals surface area contributed by atoms with E-state index in [1.807, 2.05) is 11.0 Å². The number of hydrogen-bond donors (Lipinski definition) is 1. The van der Waals surface area contributed by atoms with Crippen molar-refractivity contribution in [3.8, 4) is 11.5 Å². The van der Waals surface area contributed by atoms with E-state index in [9.17, 15) is 4.79 Å². The molecule has 0 bridgehead atoms. The monoisotopic (exact) mass is 306 g/mol. The van der Waals surface area contributed by atoms with E-state index in [1.165, 1.54) is 6.42 Å². The predicted molar refractivity (Wildman–Crippen MR) is 87.3 cm³/mol. The van der Waals surface area contributed by atoms with Crippen LogP contribution in [0, 0.1) is 0 Å². The van der Waals surface area contributed by atoms with Crippen molar-refractivity contribution in [1.82, 2.24) is 4.90 Å². The number of nitrogen functional groups attached to an aromatic ring is 1. The fraction of sp³-hybridized carbons (Fsp3) is 0.588. The van der Waals surface area contributed by atoms with E-state index in [2.05, 4.69) is 6.92 Å². The van der Waals surface area contributed by atoms with E-state index >= 15 is 0 Å². The molecule has 22 heavy (non-hydrogen) atoms. The molecule has 1 unspecified atom stereocenters. The third-order valence-electron chi connectivity index (χ3n) is 4.31. The van der Waals surface area contributed by atoms with Gasteiger partial charge in [-0.05, 0) is 38.7 Å². The molecule has 1 atom stereocenters. The van der Waals surface area contributed by atoms with E-state index in [1.54, 1.807) is 20.3 Å². The second kappa shape index (κ2) is 7.38. The summed E-state index contributed by atoms with van der Waals surface area (Å²) in [5.41, 5.74) is 7.43. The average molecular weight is 306 g/mol. The number of nitrogens with zero attached hydrogens (tertiary/aromatic N) is 1. The summed E-state index contributed by atoms with van der Waals surface area (Å²) in [5, 5.41) is 0. The number of nitrogens with two attached hydrogens (primary N) is 1. The Bertz CT molecular complexity index is 531. The minimum atomic E-state index is 0.204. The molecule has 2 N–H and O–H groups in total. The molecular formula is C17H26N2O3. The van der Waals surface area contributed by atoms with E-state index in [0.29, 0.717) is 36.1 Å². The smallest absolute Gasteiger partial charge is 0.223 e. The van der Waals surface area contributed by atoms with Crippen LogP contribution in [0.2, 0.25) is 0 Å². The molecule has 1 aromatic rings. The van der Waals surface area contributed by atoms with Gasteiger partial charge in [-0.2, -0.15) is 0 Å². The number of benzene rings is 1. The molecule has 0 aromatic heterocycles. The summed E-state index contributed by atoms with van der Waals surface area (Å²) >= 11 is 0. The van der Waals surface area contributed by atoms with Gasteiger partial charge in [0.2, 0.25) is 5.91 Å². The van der Waals surface area contributed by atoms with Gasteiger partial charge in [-0.15, -0.1) is 0 Å². The lowest BCUT2D eigenvalue weighted by Gasteiger charge is -2.33. The number of aryl methyl sites for hydroxylation is 1. The first-order chi connectivity index (χ1) is 10.6. The second-order valence-corrected chi connectivity index (χ2v) is 5.85. The van der Waals surface area contributed by atoms with Crippen molar-refractivity contribution in [3.05, 3.63) is 17.7 Å². The lowest BCUT2D eigenvalue weighted by molar-refractivity contribution is -0.134. The highest BCUT2D eigenvalue weighted by Gasteiger charge is 2.23. The Morgan fingerprint density at radius 2 is 2.09 bits per heavy atom. The highest BCUT2D eigenvalue weighted by atomic mass is 16.5. The van der Waals surface area contributed by atoms with Crippen LogP contribution >= 0.6 is 0 Å². The summed E-state index contributed by atoms with van der Waals surface area (Å²) in [6.07, 6.45) is 4.48. The molecule has 0 aliphatic carbocycles. The van der Waals surface area contributed by atoms with Gasteiger partial charge < -0.3 is 20.1 Å². The molecule has 1 fully saturated rings. The van der Waals surface area contributed by atoms with E-state index in [0.717, 1.165) is 24.9 Å². The first-order valence-electron chi connectivity index (χ1n) is 7.86. The lowest BCUT2D eigenvalue weighted by atomic mass is 10.0. The molecule has 1 aromatic carbocycles. The standard InChI is InChI=1S/C17H26N2O3/c1-12-6-4-5-9-19(12)16(20)8-7-13-10-14(18)11-15(21-2)17(13)22-3/h10-12H,4-9,18H2,1-3H3. The molecule has 1 aliphatic rings.